The molecule has 0 bridgehead atoms. The number of benzene rings is 1. The minimum atomic E-state index is -0.0692. The summed E-state index contributed by atoms with van der Waals surface area (Å²) in [4.78, 5) is 16.3. The summed E-state index contributed by atoms with van der Waals surface area (Å²) in [5, 5.41) is 2.63. The molecule has 21 heavy (non-hydrogen) atoms. The van der Waals surface area contributed by atoms with Crippen molar-refractivity contribution in [3.63, 3.8) is 0 Å². The van der Waals surface area contributed by atoms with E-state index in [-0.39, 0.29) is 18.6 Å². The van der Waals surface area contributed by atoms with Crippen LogP contribution in [0.2, 0.25) is 0 Å². The van der Waals surface area contributed by atoms with Crippen LogP contribution in [0.1, 0.15) is 19.7 Å². The van der Waals surface area contributed by atoms with Gasteiger partial charge in [0.15, 0.2) is 0 Å². The lowest BCUT2D eigenvalue weighted by atomic mass is 10.3. The van der Waals surface area contributed by atoms with Crippen molar-refractivity contribution in [2.24, 2.45) is 0 Å². The van der Waals surface area contributed by atoms with Gasteiger partial charge in [0.25, 0.3) is 0 Å². The molecule has 6 heteroatoms. The Kier molecular flexibility index (Phi) is 5.07. The standard InChI is InChI=1S/C15H20ClN3O2/c1-10(2)21-12-6-4-5-11-15(12)18-13(7-8-16)19(11)9-14(20)17-3/h4-6,10H,7-9H2,1-3H3,(H,17,20). The fourth-order valence-corrected chi connectivity index (χ4v) is 2.36. The number of ether oxygens (including phenoxy) is 1. The second kappa shape index (κ2) is 6.80. The Bertz CT molecular complexity index is 637. The minimum absolute atomic E-state index is 0.0659. The minimum Gasteiger partial charge on any atom is -0.489 e. The lowest BCUT2D eigenvalue weighted by Gasteiger charge is -2.10. The average molecular weight is 310 g/mol. The molecule has 0 aliphatic heterocycles. The van der Waals surface area contributed by atoms with Crippen LogP contribution in [0.3, 0.4) is 0 Å². The van der Waals surface area contributed by atoms with Crippen molar-refractivity contribution >= 4 is 28.5 Å². The third-order valence-electron chi connectivity index (χ3n) is 3.08. The molecule has 0 fully saturated rings. The molecule has 0 spiro atoms. The SMILES string of the molecule is CNC(=O)Cn1c(CCCl)nc2c(OC(C)C)cccc21. The number of aromatic nitrogens is 2. The summed E-state index contributed by atoms with van der Waals surface area (Å²) in [6, 6.07) is 5.74. The zero-order valence-corrected chi connectivity index (χ0v) is 13.3. The molecule has 1 aromatic carbocycles. The fraction of sp³-hybridized carbons (Fsp3) is 0.467. The lowest BCUT2D eigenvalue weighted by molar-refractivity contribution is -0.121. The number of rotatable bonds is 6. The average Bonchev–Trinajstić information content (AvgIpc) is 2.78. The number of para-hydroxylation sites is 1. The van der Waals surface area contributed by atoms with Gasteiger partial charge in [0.1, 0.15) is 23.6 Å². The molecule has 2 rings (SSSR count). The van der Waals surface area contributed by atoms with Crippen LogP contribution in [0.4, 0.5) is 0 Å². The monoisotopic (exact) mass is 309 g/mol. The van der Waals surface area contributed by atoms with Gasteiger partial charge in [-0.3, -0.25) is 4.79 Å². The Morgan fingerprint density at radius 3 is 2.86 bits per heavy atom. The molecular weight excluding hydrogens is 290 g/mol. The van der Waals surface area contributed by atoms with Crippen molar-refractivity contribution in [3.05, 3.63) is 24.0 Å². The number of likely N-dealkylation sites (N-methyl/N-ethyl adjacent to an activating group) is 1. The molecule has 0 radical (unpaired) electrons. The molecule has 2 aromatic rings. The van der Waals surface area contributed by atoms with Crippen LogP contribution in [-0.4, -0.2) is 34.5 Å². The number of alkyl halides is 1. The summed E-state index contributed by atoms with van der Waals surface area (Å²) >= 11 is 5.85. The van der Waals surface area contributed by atoms with Crippen LogP contribution < -0.4 is 10.1 Å². The van der Waals surface area contributed by atoms with Crippen molar-refractivity contribution in [1.29, 1.82) is 0 Å². The van der Waals surface area contributed by atoms with E-state index in [1.54, 1.807) is 7.05 Å². The summed E-state index contributed by atoms with van der Waals surface area (Å²) in [7, 11) is 1.62. The van der Waals surface area contributed by atoms with Crippen LogP contribution in [0, 0.1) is 0 Å². The number of hydrogen-bond donors (Lipinski definition) is 1. The smallest absolute Gasteiger partial charge is 0.239 e. The summed E-state index contributed by atoms with van der Waals surface area (Å²) in [5.41, 5.74) is 1.66. The molecule has 0 aliphatic carbocycles. The van der Waals surface area contributed by atoms with E-state index in [1.807, 2.05) is 36.6 Å². The number of amides is 1. The lowest BCUT2D eigenvalue weighted by Crippen LogP contribution is -2.24. The van der Waals surface area contributed by atoms with Gasteiger partial charge in [0.2, 0.25) is 5.91 Å². The Morgan fingerprint density at radius 1 is 1.48 bits per heavy atom. The van der Waals surface area contributed by atoms with Crippen LogP contribution in [0.5, 0.6) is 5.75 Å². The highest BCUT2D eigenvalue weighted by molar-refractivity contribution is 6.17. The van der Waals surface area contributed by atoms with Crippen LogP contribution >= 0.6 is 11.6 Å². The second-order valence-corrected chi connectivity index (χ2v) is 5.39. The summed E-state index contributed by atoms with van der Waals surface area (Å²) in [6.07, 6.45) is 0.671. The third-order valence-corrected chi connectivity index (χ3v) is 3.27. The molecule has 0 atom stereocenters. The van der Waals surface area contributed by atoms with Crippen LogP contribution in [0.25, 0.3) is 11.0 Å². The Labute approximate surface area is 129 Å². The zero-order chi connectivity index (χ0) is 15.4. The first-order valence-electron chi connectivity index (χ1n) is 6.98. The molecule has 114 valence electrons. The van der Waals surface area contributed by atoms with Gasteiger partial charge in [0, 0.05) is 19.3 Å². The summed E-state index contributed by atoms with van der Waals surface area (Å²) < 4.78 is 7.69. The van der Waals surface area contributed by atoms with Gasteiger partial charge in [-0.2, -0.15) is 0 Å². The molecule has 5 nitrogen and oxygen atoms in total. The van der Waals surface area contributed by atoms with Gasteiger partial charge in [-0.05, 0) is 26.0 Å². The number of hydrogen-bond acceptors (Lipinski definition) is 3. The quantitative estimate of drug-likeness (QED) is 0.833. The number of halogens is 1. The van der Waals surface area contributed by atoms with E-state index >= 15 is 0 Å². The van der Waals surface area contributed by atoms with E-state index in [0.717, 1.165) is 22.6 Å². The zero-order valence-electron chi connectivity index (χ0n) is 12.5. The van der Waals surface area contributed by atoms with Crippen molar-refractivity contribution in [1.82, 2.24) is 14.9 Å². The van der Waals surface area contributed by atoms with Crippen molar-refractivity contribution < 1.29 is 9.53 Å². The third kappa shape index (κ3) is 3.47. The molecule has 0 aliphatic rings. The van der Waals surface area contributed by atoms with Crippen LogP contribution in [0.15, 0.2) is 18.2 Å². The Morgan fingerprint density at radius 2 is 2.24 bits per heavy atom. The highest BCUT2D eigenvalue weighted by atomic mass is 35.5. The predicted octanol–water partition coefficient (Wildman–Crippen LogP) is 2.35. The first kappa shape index (κ1) is 15.6. The van der Waals surface area contributed by atoms with Crippen molar-refractivity contribution in [3.8, 4) is 5.75 Å². The number of nitrogens with one attached hydrogen (secondary N) is 1. The predicted molar refractivity (Wildman–Crippen MR) is 84.0 cm³/mol. The molecule has 0 unspecified atom stereocenters. The molecule has 1 heterocycles. The van der Waals surface area contributed by atoms with Crippen molar-refractivity contribution in [2.45, 2.75) is 32.9 Å². The van der Waals surface area contributed by atoms with E-state index in [1.165, 1.54) is 0 Å². The number of aryl methyl sites for hydroxylation is 1. The van der Waals surface area contributed by atoms with Gasteiger partial charge in [-0.15, -0.1) is 11.6 Å². The van der Waals surface area contributed by atoms with Gasteiger partial charge < -0.3 is 14.6 Å². The van der Waals surface area contributed by atoms with E-state index in [9.17, 15) is 4.79 Å². The molecule has 1 aromatic heterocycles. The van der Waals surface area contributed by atoms with Gasteiger partial charge in [-0.25, -0.2) is 4.98 Å². The molecule has 1 N–H and O–H groups in total. The number of nitrogens with zero attached hydrogens (tertiary/aromatic N) is 2. The highest BCUT2D eigenvalue weighted by Gasteiger charge is 2.16. The maximum Gasteiger partial charge on any atom is 0.239 e. The molecule has 1 amide bonds. The molecule has 0 saturated heterocycles. The summed E-state index contributed by atoms with van der Waals surface area (Å²) in [6.45, 7) is 4.17. The van der Waals surface area contributed by atoms with Gasteiger partial charge >= 0.3 is 0 Å². The molecule has 0 saturated carbocycles. The first-order chi connectivity index (χ1) is 10.1. The maximum atomic E-state index is 11.7. The van der Waals surface area contributed by atoms with E-state index < -0.39 is 0 Å². The highest BCUT2D eigenvalue weighted by Crippen LogP contribution is 2.27. The normalized spacial score (nSPS) is 11.1. The van der Waals surface area contributed by atoms with Crippen LogP contribution in [-0.2, 0) is 17.8 Å². The van der Waals surface area contributed by atoms with E-state index in [2.05, 4.69) is 10.3 Å². The maximum absolute atomic E-state index is 11.7. The summed E-state index contributed by atoms with van der Waals surface area (Å²) in [5.74, 6) is 1.91. The largest absolute Gasteiger partial charge is 0.489 e. The number of imidazole rings is 1. The van der Waals surface area contributed by atoms with Crippen molar-refractivity contribution in [2.75, 3.05) is 12.9 Å². The number of carbonyl (C=O) groups excluding carboxylic acids is 1. The second-order valence-electron chi connectivity index (χ2n) is 5.02. The Hall–Kier alpha value is -1.75. The van der Waals surface area contributed by atoms with Gasteiger partial charge in [-0.1, -0.05) is 6.07 Å². The number of fused-ring (bicyclic) bond motifs is 1. The Balaban J connectivity index is 2.53. The van der Waals surface area contributed by atoms with E-state index in [0.29, 0.717) is 12.3 Å². The van der Waals surface area contributed by atoms with Gasteiger partial charge in [0.05, 0.1) is 11.6 Å². The fourth-order valence-electron chi connectivity index (χ4n) is 2.19. The number of carbonyl (C=O) groups is 1. The first-order valence-corrected chi connectivity index (χ1v) is 7.51. The topological polar surface area (TPSA) is 56.2 Å². The van der Waals surface area contributed by atoms with E-state index in [4.69, 9.17) is 16.3 Å². The molecular formula is C15H20ClN3O2.